The molecule has 0 saturated carbocycles. The SMILES string of the molecule is Cc1ccc([C@@H](C)NC(=O)CN(c2cc(Cl)ccc2C)S(=O)(=O)c2ccc(C)cc2)cc1. The van der Waals surface area contributed by atoms with E-state index >= 15 is 0 Å². The van der Waals surface area contributed by atoms with Crippen molar-refractivity contribution in [3.8, 4) is 0 Å². The number of halogens is 1. The highest BCUT2D eigenvalue weighted by molar-refractivity contribution is 7.92. The van der Waals surface area contributed by atoms with Crippen LogP contribution < -0.4 is 9.62 Å². The van der Waals surface area contributed by atoms with E-state index in [2.05, 4.69) is 5.32 Å². The number of nitrogens with one attached hydrogen (secondary N) is 1. The van der Waals surface area contributed by atoms with Crippen LogP contribution in [0.15, 0.2) is 71.6 Å². The van der Waals surface area contributed by atoms with Crippen molar-refractivity contribution >= 4 is 33.2 Å². The van der Waals surface area contributed by atoms with Crippen LogP contribution in [0.1, 0.15) is 35.2 Å². The van der Waals surface area contributed by atoms with E-state index in [4.69, 9.17) is 11.6 Å². The number of hydrogen-bond donors (Lipinski definition) is 1. The summed E-state index contributed by atoms with van der Waals surface area (Å²) in [5.74, 6) is -0.409. The zero-order valence-electron chi connectivity index (χ0n) is 18.6. The maximum Gasteiger partial charge on any atom is 0.264 e. The second-order valence-corrected chi connectivity index (χ2v) is 10.3. The minimum atomic E-state index is -4.00. The number of aryl methyl sites for hydroxylation is 3. The minimum absolute atomic E-state index is 0.113. The Balaban J connectivity index is 1.94. The van der Waals surface area contributed by atoms with E-state index < -0.39 is 15.9 Å². The first-order chi connectivity index (χ1) is 15.1. The van der Waals surface area contributed by atoms with Crippen LogP contribution in [0.25, 0.3) is 0 Å². The topological polar surface area (TPSA) is 66.5 Å². The van der Waals surface area contributed by atoms with Crippen LogP contribution in [0, 0.1) is 20.8 Å². The van der Waals surface area contributed by atoms with Gasteiger partial charge in [0.2, 0.25) is 5.91 Å². The number of nitrogens with zero attached hydrogens (tertiary/aromatic N) is 1. The molecule has 3 aromatic carbocycles. The van der Waals surface area contributed by atoms with Crippen LogP contribution in [-0.4, -0.2) is 20.9 Å². The Bertz CT molecular complexity index is 1210. The summed E-state index contributed by atoms with van der Waals surface area (Å²) in [6.45, 7) is 7.17. The molecule has 3 rings (SSSR count). The lowest BCUT2D eigenvalue weighted by Crippen LogP contribution is -2.42. The van der Waals surface area contributed by atoms with E-state index in [1.54, 1.807) is 49.4 Å². The van der Waals surface area contributed by atoms with Crippen molar-refractivity contribution in [3.05, 3.63) is 94.0 Å². The molecule has 5 nitrogen and oxygen atoms in total. The van der Waals surface area contributed by atoms with Crippen LogP contribution in [0.3, 0.4) is 0 Å². The summed E-state index contributed by atoms with van der Waals surface area (Å²) in [6, 6.07) is 19.1. The van der Waals surface area contributed by atoms with Crippen molar-refractivity contribution in [1.29, 1.82) is 0 Å². The summed E-state index contributed by atoms with van der Waals surface area (Å²) < 4.78 is 28.2. The number of carbonyl (C=O) groups is 1. The average molecular weight is 471 g/mol. The quantitative estimate of drug-likeness (QED) is 0.507. The summed E-state index contributed by atoms with van der Waals surface area (Å²) in [4.78, 5) is 13.1. The molecular formula is C25H27ClN2O3S. The maximum absolute atomic E-state index is 13.5. The van der Waals surface area contributed by atoms with E-state index in [0.29, 0.717) is 16.3 Å². The molecule has 1 amide bonds. The fourth-order valence-electron chi connectivity index (χ4n) is 3.34. The second-order valence-electron chi connectivity index (χ2n) is 7.96. The third-order valence-electron chi connectivity index (χ3n) is 5.29. The normalized spacial score (nSPS) is 12.3. The Morgan fingerprint density at radius 3 is 2.09 bits per heavy atom. The van der Waals surface area contributed by atoms with Crippen molar-refractivity contribution in [3.63, 3.8) is 0 Å². The summed E-state index contributed by atoms with van der Waals surface area (Å²) in [6.07, 6.45) is 0. The summed E-state index contributed by atoms with van der Waals surface area (Å²) in [7, 11) is -4.00. The van der Waals surface area contributed by atoms with Gasteiger partial charge < -0.3 is 5.32 Å². The molecule has 0 aliphatic carbocycles. The fraction of sp³-hybridized carbons (Fsp3) is 0.240. The second kappa shape index (κ2) is 9.76. The van der Waals surface area contributed by atoms with E-state index in [-0.39, 0.29) is 17.5 Å². The number of hydrogen-bond acceptors (Lipinski definition) is 3. The Morgan fingerprint density at radius 2 is 1.50 bits per heavy atom. The van der Waals surface area contributed by atoms with Gasteiger partial charge in [0.1, 0.15) is 6.54 Å². The van der Waals surface area contributed by atoms with Gasteiger partial charge in [0.15, 0.2) is 0 Å². The first kappa shape index (κ1) is 23.8. The number of anilines is 1. The lowest BCUT2D eigenvalue weighted by Gasteiger charge is -2.26. The van der Waals surface area contributed by atoms with Gasteiger partial charge in [0.25, 0.3) is 10.0 Å². The molecule has 3 aromatic rings. The third-order valence-corrected chi connectivity index (χ3v) is 7.30. The smallest absolute Gasteiger partial charge is 0.264 e. The zero-order chi connectivity index (χ0) is 23.5. The van der Waals surface area contributed by atoms with Crippen molar-refractivity contribution in [2.24, 2.45) is 0 Å². The molecule has 32 heavy (non-hydrogen) atoms. The maximum atomic E-state index is 13.5. The van der Waals surface area contributed by atoms with Crippen molar-refractivity contribution < 1.29 is 13.2 Å². The molecule has 7 heteroatoms. The molecule has 1 atom stereocenters. The first-order valence-corrected chi connectivity index (χ1v) is 12.1. The first-order valence-electron chi connectivity index (χ1n) is 10.3. The Morgan fingerprint density at radius 1 is 0.938 bits per heavy atom. The Kier molecular flexibility index (Phi) is 7.26. The van der Waals surface area contributed by atoms with Gasteiger partial charge in [-0.05, 0) is 63.1 Å². The highest BCUT2D eigenvalue weighted by Crippen LogP contribution is 2.29. The Labute approximate surface area is 195 Å². The molecule has 1 N–H and O–H groups in total. The molecule has 0 aliphatic rings. The molecule has 0 bridgehead atoms. The molecule has 0 aliphatic heterocycles. The van der Waals surface area contributed by atoms with Gasteiger partial charge in [0.05, 0.1) is 16.6 Å². The van der Waals surface area contributed by atoms with Gasteiger partial charge in [0, 0.05) is 5.02 Å². The predicted molar refractivity (Wildman–Crippen MR) is 130 cm³/mol. The monoisotopic (exact) mass is 470 g/mol. The highest BCUT2D eigenvalue weighted by Gasteiger charge is 2.29. The lowest BCUT2D eigenvalue weighted by molar-refractivity contribution is -0.120. The van der Waals surface area contributed by atoms with Gasteiger partial charge in [-0.25, -0.2) is 8.42 Å². The largest absolute Gasteiger partial charge is 0.348 e. The van der Waals surface area contributed by atoms with Gasteiger partial charge in [-0.3, -0.25) is 9.10 Å². The molecular weight excluding hydrogens is 444 g/mol. The molecule has 0 fully saturated rings. The molecule has 0 saturated heterocycles. The van der Waals surface area contributed by atoms with Gasteiger partial charge in [-0.1, -0.05) is 65.2 Å². The molecule has 0 radical (unpaired) electrons. The van der Waals surface area contributed by atoms with Crippen molar-refractivity contribution in [2.45, 2.75) is 38.6 Å². The number of amides is 1. The number of sulfonamides is 1. The fourth-order valence-corrected chi connectivity index (χ4v) is 4.99. The van der Waals surface area contributed by atoms with Gasteiger partial charge in [-0.15, -0.1) is 0 Å². The van der Waals surface area contributed by atoms with Crippen molar-refractivity contribution in [2.75, 3.05) is 10.8 Å². The van der Waals surface area contributed by atoms with Crippen LogP contribution in [0.4, 0.5) is 5.69 Å². The molecule has 0 unspecified atom stereocenters. The lowest BCUT2D eigenvalue weighted by atomic mass is 10.1. The van der Waals surface area contributed by atoms with Crippen LogP contribution in [0.5, 0.6) is 0 Å². The standard InChI is InChI=1S/C25H27ClN2O3S/c1-17-5-10-21(11-6-17)20(4)27-25(29)16-28(24-15-22(26)12-9-19(24)3)32(30,31)23-13-7-18(2)8-14-23/h5-15,20H,16H2,1-4H3,(H,27,29)/t20-/m1/s1. The molecule has 0 spiro atoms. The Hall–Kier alpha value is -2.83. The summed E-state index contributed by atoms with van der Waals surface area (Å²) in [5.41, 5.74) is 4.08. The van der Waals surface area contributed by atoms with Crippen LogP contribution in [0.2, 0.25) is 5.02 Å². The van der Waals surface area contributed by atoms with E-state index in [1.807, 2.05) is 45.0 Å². The number of benzene rings is 3. The number of carbonyl (C=O) groups excluding carboxylic acids is 1. The summed E-state index contributed by atoms with van der Waals surface area (Å²) in [5, 5.41) is 3.30. The van der Waals surface area contributed by atoms with E-state index in [1.165, 1.54) is 0 Å². The third kappa shape index (κ3) is 5.50. The van der Waals surface area contributed by atoms with E-state index in [0.717, 1.165) is 21.0 Å². The van der Waals surface area contributed by atoms with Gasteiger partial charge in [-0.2, -0.15) is 0 Å². The van der Waals surface area contributed by atoms with Crippen molar-refractivity contribution in [1.82, 2.24) is 5.32 Å². The average Bonchev–Trinajstić information content (AvgIpc) is 2.74. The zero-order valence-corrected chi connectivity index (χ0v) is 20.2. The molecule has 0 aromatic heterocycles. The molecule has 168 valence electrons. The van der Waals surface area contributed by atoms with E-state index in [9.17, 15) is 13.2 Å². The number of rotatable bonds is 7. The predicted octanol–water partition coefficient (Wildman–Crippen LogP) is 5.34. The minimum Gasteiger partial charge on any atom is -0.348 e. The van der Waals surface area contributed by atoms with Gasteiger partial charge >= 0.3 is 0 Å². The highest BCUT2D eigenvalue weighted by atomic mass is 35.5. The summed E-state index contributed by atoms with van der Waals surface area (Å²) >= 11 is 6.17. The van der Waals surface area contributed by atoms with Crippen LogP contribution >= 0.6 is 11.6 Å². The molecule has 0 heterocycles. The van der Waals surface area contributed by atoms with Crippen LogP contribution in [-0.2, 0) is 14.8 Å².